The highest BCUT2D eigenvalue weighted by atomic mass is 16.8. The van der Waals surface area contributed by atoms with Gasteiger partial charge in [0, 0.05) is 6.42 Å². The minimum Gasteiger partial charge on any atom is -0.394 e. The molecule has 91 heavy (non-hydrogen) atoms. The van der Waals surface area contributed by atoms with Crippen LogP contribution in [0.5, 0.6) is 0 Å². The molecule has 0 bridgehead atoms. The second kappa shape index (κ2) is 52.9. The van der Waals surface area contributed by atoms with Crippen LogP contribution in [-0.2, 0) is 33.2 Å². The van der Waals surface area contributed by atoms with Gasteiger partial charge in [0.1, 0.15) is 73.2 Å². The Hall–Kier alpha value is -3.29. The summed E-state index contributed by atoms with van der Waals surface area (Å²) < 4.78 is 34.4. The average Bonchev–Trinajstić information content (AvgIpc) is 0.884. The molecule has 19 heteroatoms. The summed E-state index contributed by atoms with van der Waals surface area (Å²) in [5.41, 5.74) is 0. The van der Waals surface area contributed by atoms with E-state index in [1.807, 2.05) is 0 Å². The van der Waals surface area contributed by atoms with Gasteiger partial charge < -0.3 is 89.9 Å². The van der Waals surface area contributed by atoms with Crippen molar-refractivity contribution in [1.82, 2.24) is 5.32 Å². The van der Waals surface area contributed by atoms with Crippen molar-refractivity contribution in [2.45, 2.75) is 324 Å². The first-order valence-electron chi connectivity index (χ1n) is 35.0. The van der Waals surface area contributed by atoms with Crippen LogP contribution in [0.3, 0.4) is 0 Å². The number of nitrogens with one attached hydrogen (secondary N) is 1. The Morgan fingerprint density at radius 1 is 0.407 bits per heavy atom. The molecule has 1 amide bonds. The van der Waals surface area contributed by atoms with Crippen molar-refractivity contribution in [3.63, 3.8) is 0 Å². The topological polar surface area (TPSA) is 307 Å². The molecule has 17 atom stereocenters. The minimum absolute atomic E-state index is 0.230. The largest absolute Gasteiger partial charge is 0.394 e. The molecule has 0 radical (unpaired) electrons. The number of unbranched alkanes of at least 4 members (excludes halogenated alkanes) is 20. The number of allylic oxidation sites excluding steroid dienone is 16. The van der Waals surface area contributed by atoms with Gasteiger partial charge in [-0.3, -0.25) is 4.79 Å². The molecule has 19 nitrogen and oxygen atoms in total. The maximum absolute atomic E-state index is 13.4. The molecule has 3 aliphatic heterocycles. The third-order valence-corrected chi connectivity index (χ3v) is 16.9. The Balaban J connectivity index is 1.43. The fourth-order valence-electron chi connectivity index (χ4n) is 11.3. The van der Waals surface area contributed by atoms with Crippen molar-refractivity contribution in [2.24, 2.45) is 0 Å². The number of hydrogen-bond acceptors (Lipinski definition) is 18. The summed E-state index contributed by atoms with van der Waals surface area (Å²) in [6, 6.07) is -0.909. The molecule has 0 saturated carbocycles. The Kier molecular flexibility index (Phi) is 47.7. The number of carbonyl (C=O) groups is 1. The fraction of sp³-hybridized carbons (Fsp3) is 0.764. The molecular weight excluding hydrogens is 1170 g/mol. The second-order valence-electron chi connectivity index (χ2n) is 24.6. The van der Waals surface area contributed by atoms with Crippen LogP contribution in [0.15, 0.2) is 97.2 Å². The molecule has 0 aromatic rings. The smallest absolute Gasteiger partial charge is 0.220 e. The van der Waals surface area contributed by atoms with E-state index in [2.05, 4.69) is 116 Å². The van der Waals surface area contributed by atoms with Gasteiger partial charge in [-0.15, -0.1) is 0 Å². The molecule has 3 fully saturated rings. The Labute approximate surface area is 545 Å². The maximum atomic E-state index is 13.4. The molecule has 0 aliphatic carbocycles. The number of hydrogen-bond donors (Lipinski definition) is 12. The molecule has 17 unspecified atom stereocenters. The van der Waals surface area contributed by atoms with Crippen LogP contribution in [0.2, 0.25) is 0 Å². The summed E-state index contributed by atoms with van der Waals surface area (Å²) in [4.78, 5) is 13.4. The van der Waals surface area contributed by atoms with Gasteiger partial charge in [-0.05, 0) is 77.0 Å². The maximum Gasteiger partial charge on any atom is 0.220 e. The zero-order chi connectivity index (χ0) is 66.1. The van der Waals surface area contributed by atoms with Crippen LogP contribution in [0.25, 0.3) is 0 Å². The summed E-state index contributed by atoms with van der Waals surface area (Å²) in [6.07, 6.45) is 41.9. The SMILES string of the molecule is CC/C=C\C/C=C\C/C=C\C/C=C\C/C=C\C/C=C\C/C=C\C/C=C\CCCCCCC(=O)NC(COC1OC(CO)C(OC2OC(CO)C(OC3OC(CO)C(O)C(O)C3O)C(O)C2O)C(O)C1O)C(O)CCCCCCCCCCCCCCCCCCC. The lowest BCUT2D eigenvalue weighted by atomic mass is 9.96. The Morgan fingerprint density at radius 3 is 1.19 bits per heavy atom. The summed E-state index contributed by atoms with van der Waals surface area (Å²) >= 11 is 0. The zero-order valence-corrected chi connectivity index (χ0v) is 55.3. The Morgan fingerprint density at radius 2 is 0.758 bits per heavy atom. The van der Waals surface area contributed by atoms with Crippen molar-refractivity contribution < 1.29 is 89.4 Å². The van der Waals surface area contributed by atoms with E-state index < -0.39 is 124 Å². The van der Waals surface area contributed by atoms with Crippen molar-refractivity contribution in [3.8, 4) is 0 Å². The van der Waals surface area contributed by atoms with Crippen LogP contribution in [0.1, 0.15) is 219 Å². The van der Waals surface area contributed by atoms with Gasteiger partial charge in [-0.2, -0.15) is 0 Å². The van der Waals surface area contributed by atoms with Gasteiger partial charge in [0.15, 0.2) is 18.9 Å². The van der Waals surface area contributed by atoms with E-state index >= 15 is 0 Å². The highest BCUT2D eigenvalue weighted by Crippen LogP contribution is 2.33. The normalized spacial score (nSPS) is 28.5. The predicted octanol–water partition coefficient (Wildman–Crippen LogP) is 9.27. The average molecular weight is 1290 g/mol. The van der Waals surface area contributed by atoms with E-state index in [4.69, 9.17) is 28.4 Å². The number of aliphatic hydroxyl groups is 11. The second-order valence-corrected chi connectivity index (χ2v) is 24.6. The van der Waals surface area contributed by atoms with Crippen LogP contribution in [0, 0.1) is 0 Å². The first kappa shape index (κ1) is 81.9. The summed E-state index contributed by atoms with van der Waals surface area (Å²) in [7, 11) is 0. The zero-order valence-electron chi connectivity index (χ0n) is 55.3. The molecule has 0 aromatic heterocycles. The quantitative estimate of drug-likeness (QED) is 0.0199. The molecule has 524 valence electrons. The van der Waals surface area contributed by atoms with Crippen LogP contribution >= 0.6 is 0 Å². The molecule has 12 N–H and O–H groups in total. The summed E-state index contributed by atoms with van der Waals surface area (Å²) in [5, 5.41) is 121. The predicted molar refractivity (Wildman–Crippen MR) is 355 cm³/mol. The Bertz CT molecular complexity index is 2030. The van der Waals surface area contributed by atoms with Gasteiger partial charge in [-0.25, -0.2) is 0 Å². The molecule has 3 aliphatic rings. The van der Waals surface area contributed by atoms with Gasteiger partial charge in [0.05, 0.1) is 38.6 Å². The molecule has 3 saturated heterocycles. The number of rotatable bonds is 52. The summed E-state index contributed by atoms with van der Waals surface area (Å²) in [6.45, 7) is 1.66. The lowest BCUT2D eigenvalue weighted by molar-refractivity contribution is -0.379. The fourth-order valence-corrected chi connectivity index (χ4v) is 11.3. The molecule has 0 spiro atoms. The van der Waals surface area contributed by atoms with Crippen molar-refractivity contribution in [3.05, 3.63) is 97.2 Å². The highest BCUT2D eigenvalue weighted by Gasteiger charge is 2.53. The number of ether oxygens (including phenoxy) is 6. The monoisotopic (exact) mass is 1290 g/mol. The van der Waals surface area contributed by atoms with Crippen LogP contribution in [-0.4, -0.2) is 193 Å². The highest BCUT2D eigenvalue weighted by molar-refractivity contribution is 5.76. The number of aliphatic hydroxyl groups excluding tert-OH is 11. The standard InChI is InChI=1S/C72H123NO18/c1-3-5-7-9-11-13-15-17-19-21-22-23-24-25-26-27-28-29-30-31-32-34-36-38-40-42-44-46-48-50-60(78)73-55(56(77)49-47-45-43-41-39-37-35-33-20-18-16-14-12-10-8-6-4-2)54-86-70-66(84)63(81)68(58(52-75)88-70)91-72-67(85)64(82)69(59(53-76)89-72)90-71-65(83)62(80)61(79)57(51-74)87-71/h5,7,11,13,17,19,22-23,25-26,28-29,31-32,36,38,55-59,61-72,74-77,79-85H,3-4,6,8-10,12,14-16,18,20-21,24,27,30,33-35,37,39-54H2,1-2H3,(H,73,78)/b7-5-,13-11-,19-17-,23-22-,26-25-,29-28-,32-31-,38-36-. The van der Waals surface area contributed by atoms with E-state index in [-0.39, 0.29) is 18.9 Å². The van der Waals surface area contributed by atoms with Gasteiger partial charge in [-0.1, -0.05) is 233 Å². The minimum atomic E-state index is -1.98. The van der Waals surface area contributed by atoms with Gasteiger partial charge in [0.25, 0.3) is 0 Å². The third kappa shape index (κ3) is 34.8. The van der Waals surface area contributed by atoms with Gasteiger partial charge in [0.2, 0.25) is 5.91 Å². The van der Waals surface area contributed by atoms with E-state index in [1.54, 1.807) is 0 Å². The molecule has 3 heterocycles. The first-order chi connectivity index (χ1) is 44.3. The number of amides is 1. The molecule has 0 aromatic carbocycles. The lowest BCUT2D eigenvalue weighted by Gasteiger charge is -2.48. The van der Waals surface area contributed by atoms with Crippen molar-refractivity contribution >= 4 is 5.91 Å². The van der Waals surface area contributed by atoms with E-state index in [1.165, 1.54) is 83.5 Å². The van der Waals surface area contributed by atoms with Crippen LogP contribution < -0.4 is 5.32 Å². The van der Waals surface area contributed by atoms with Crippen molar-refractivity contribution in [1.29, 1.82) is 0 Å². The number of carbonyl (C=O) groups excluding carboxylic acids is 1. The first-order valence-corrected chi connectivity index (χ1v) is 35.0. The third-order valence-electron chi connectivity index (χ3n) is 16.9. The lowest BCUT2D eigenvalue weighted by Crippen LogP contribution is -2.66. The van der Waals surface area contributed by atoms with Crippen molar-refractivity contribution in [2.75, 3.05) is 26.4 Å². The van der Waals surface area contributed by atoms with Crippen LogP contribution in [0.4, 0.5) is 0 Å². The molecular formula is C72H123NO18. The van der Waals surface area contributed by atoms with Gasteiger partial charge >= 0.3 is 0 Å². The summed E-state index contributed by atoms with van der Waals surface area (Å²) in [5.74, 6) is -0.271. The van der Waals surface area contributed by atoms with E-state index in [0.717, 1.165) is 103 Å². The van der Waals surface area contributed by atoms with E-state index in [9.17, 15) is 61.0 Å². The molecule has 3 rings (SSSR count). The van der Waals surface area contributed by atoms with E-state index in [0.29, 0.717) is 12.8 Å².